The second kappa shape index (κ2) is 12.9. The number of piperidine rings is 1. The number of carbonyl (C=O) groups is 2. The van der Waals surface area contributed by atoms with E-state index in [2.05, 4.69) is 10.4 Å². The molecule has 1 aromatic carbocycles. The molecule has 1 saturated carbocycles. The molecule has 2 atom stereocenters. The number of rotatable bonds is 8. The second-order valence-electron chi connectivity index (χ2n) is 12.4. The van der Waals surface area contributed by atoms with Crippen molar-refractivity contribution in [3.63, 3.8) is 0 Å². The van der Waals surface area contributed by atoms with Crippen molar-refractivity contribution in [3.8, 4) is 5.69 Å². The summed E-state index contributed by atoms with van der Waals surface area (Å²) in [4.78, 5) is 30.5. The van der Waals surface area contributed by atoms with Crippen LogP contribution in [0, 0.1) is 5.92 Å². The minimum atomic E-state index is -5.15. The van der Waals surface area contributed by atoms with Gasteiger partial charge in [0.1, 0.15) is 11.6 Å². The summed E-state index contributed by atoms with van der Waals surface area (Å²) in [6.45, 7) is 1.45. The van der Waals surface area contributed by atoms with Gasteiger partial charge in [0, 0.05) is 31.7 Å². The highest BCUT2D eigenvalue weighted by atomic mass is 19.4. The number of hydrogen-bond donors (Lipinski definition) is 2. The van der Waals surface area contributed by atoms with Gasteiger partial charge in [-0.25, -0.2) is 4.68 Å². The van der Waals surface area contributed by atoms with Crippen molar-refractivity contribution in [2.75, 3.05) is 19.6 Å². The third-order valence-corrected chi connectivity index (χ3v) is 9.55. The maximum atomic E-state index is 14.4. The first-order valence-corrected chi connectivity index (χ1v) is 15.6. The lowest BCUT2D eigenvalue weighted by atomic mass is 9.78. The molecule has 0 radical (unpaired) electrons. The van der Waals surface area contributed by atoms with Crippen molar-refractivity contribution < 1.29 is 41.0 Å². The Kier molecular flexibility index (Phi) is 9.55. The molecule has 2 aliphatic heterocycles. The molecule has 1 spiro atoms. The summed E-state index contributed by atoms with van der Waals surface area (Å²) < 4.78 is 85.7. The molecule has 0 bridgehead atoms. The maximum Gasteiger partial charge on any atom is 0.435 e. The van der Waals surface area contributed by atoms with Gasteiger partial charge in [-0.3, -0.25) is 14.5 Å². The molecule has 3 heterocycles. The molecule has 248 valence electrons. The summed E-state index contributed by atoms with van der Waals surface area (Å²) >= 11 is 0. The number of benzene rings is 1. The van der Waals surface area contributed by atoms with Gasteiger partial charge in [0.05, 0.1) is 11.8 Å². The number of nitrogens with zero attached hydrogens (tertiary/aromatic N) is 4. The number of hydrogen-bond acceptors (Lipinski definition) is 5. The first-order valence-electron chi connectivity index (χ1n) is 15.6. The number of halogens is 6. The molecule has 2 amide bonds. The number of likely N-dealkylation sites (tertiary alicyclic amines) is 1. The molecule has 3 aliphatic rings. The fourth-order valence-electron chi connectivity index (χ4n) is 7.14. The molecule has 14 heteroatoms. The number of alkyl halides is 6. The Bertz CT molecular complexity index is 1350. The van der Waals surface area contributed by atoms with Crippen molar-refractivity contribution >= 4 is 11.8 Å². The van der Waals surface area contributed by atoms with Gasteiger partial charge in [-0.1, -0.05) is 50.8 Å². The first-order chi connectivity index (χ1) is 21.3. The quantitative estimate of drug-likeness (QED) is 0.381. The lowest BCUT2D eigenvalue weighted by Crippen LogP contribution is -2.75. The predicted octanol–water partition coefficient (Wildman–Crippen LogP) is 5.31. The molecule has 45 heavy (non-hydrogen) atoms. The summed E-state index contributed by atoms with van der Waals surface area (Å²) in [6, 6.07) is 5.76. The van der Waals surface area contributed by atoms with E-state index in [1.54, 1.807) is 0 Å². The van der Waals surface area contributed by atoms with Crippen LogP contribution in [0.1, 0.15) is 81.7 Å². The molecule has 2 N–H and O–H groups in total. The zero-order valence-electron chi connectivity index (χ0n) is 25.1. The molecule has 5 rings (SSSR count). The summed E-state index contributed by atoms with van der Waals surface area (Å²) in [7, 11) is 0. The molecule has 8 nitrogen and oxygen atoms in total. The number of nitrogens with one attached hydrogen (secondary N) is 1. The Morgan fingerprint density at radius 1 is 1.00 bits per heavy atom. The van der Waals surface area contributed by atoms with E-state index in [4.69, 9.17) is 0 Å². The van der Waals surface area contributed by atoms with E-state index in [1.807, 2.05) is 6.92 Å². The number of aliphatic hydroxyl groups excluding tert-OH is 1. The van der Waals surface area contributed by atoms with Gasteiger partial charge in [-0.2, -0.15) is 31.4 Å². The zero-order valence-corrected chi connectivity index (χ0v) is 25.1. The fraction of sp³-hybridized carbons (Fsp3) is 0.645. The normalized spacial score (nSPS) is 22.6. The number of amides is 2. The molecule has 1 unspecified atom stereocenters. The molecular formula is C31H39F6N5O3. The van der Waals surface area contributed by atoms with Crippen LogP contribution in [-0.2, 0) is 28.5 Å². The minimum absolute atomic E-state index is 0.0235. The number of para-hydroxylation sites is 1. The minimum Gasteiger partial charge on any atom is -0.390 e. The second-order valence-corrected chi connectivity index (χ2v) is 12.4. The van der Waals surface area contributed by atoms with Gasteiger partial charge in [0.2, 0.25) is 11.8 Å². The fourth-order valence-corrected chi connectivity index (χ4v) is 7.14. The van der Waals surface area contributed by atoms with Crippen LogP contribution in [0.4, 0.5) is 26.3 Å². The zero-order chi connectivity index (χ0) is 32.6. The standard InChI is InChI=1S/C31H39F6N5O3/c1-2-3-16-41-27(44)23(24(43)20-10-6-4-7-11-20)38-28(45)29(41)14-17-40(18-15-29)19-22-25(30(32,33)34)39-42(26(22)31(35,36)37)21-12-8-5-9-13-21/h5,8-9,12-13,20,23-24,43H,2-4,6-7,10-11,14-19H2,1H3,(H,38,45)/t23?,24-/m1/s1. The van der Waals surface area contributed by atoms with Gasteiger partial charge in [-0.15, -0.1) is 0 Å². The number of aromatic nitrogens is 2. The topological polar surface area (TPSA) is 90.7 Å². The van der Waals surface area contributed by atoms with Gasteiger partial charge in [-0.05, 0) is 50.2 Å². The van der Waals surface area contributed by atoms with Crippen LogP contribution < -0.4 is 5.32 Å². The number of piperazine rings is 1. The SMILES string of the molecule is CCCCN1C(=O)C([C@H](O)C2CCCCC2)NC(=O)C12CCN(Cc1c(C(F)(F)F)nn(-c3ccccc3)c1C(F)(F)F)CC2. The van der Waals surface area contributed by atoms with Crippen LogP contribution in [0.5, 0.6) is 0 Å². The summed E-state index contributed by atoms with van der Waals surface area (Å²) in [6.07, 6.45) is -5.50. The predicted molar refractivity (Wildman–Crippen MR) is 152 cm³/mol. The molecule has 2 saturated heterocycles. The van der Waals surface area contributed by atoms with Gasteiger partial charge in [0.15, 0.2) is 11.4 Å². The molecule has 1 aliphatic carbocycles. The van der Waals surface area contributed by atoms with Crippen molar-refractivity contribution in [2.45, 2.75) is 101 Å². The van der Waals surface area contributed by atoms with E-state index < -0.39 is 65.3 Å². The van der Waals surface area contributed by atoms with E-state index in [-0.39, 0.29) is 44.1 Å². The van der Waals surface area contributed by atoms with Gasteiger partial charge in [0.25, 0.3) is 0 Å². The highest BCUT2D eigenvalue weighted by Crippen LogP contribution is 2.42. The van der Waals surface area contributed by atoms with E-state index >= 15 is 0 Å². The summed E-state index contributed by atoms with van der Waals surface area (Å²) in [5.41, 5.74) is -5.57. The maximum absolute atomic E-state index is 14.4. The highest BCUT2D eigenvalue weighted by molar-refractivity contribution is 6.00. The Morgan fingerprint density at radius 2 is 1.64 bits per heavy atom. The first kappa shape index (κ1) is 33.2. The Labute approximate surface area is 257 Å². The van der Waals surface area contributed by atoms with Crippen LogP contribution in [0.2, 0.25) is 0 Å². The van der Waals surface area contributed by atoms with Crippen LogP contribution in [0.15, 0.2) is 30.3 Å². The average molecular weight is 644 g/mol. The molecular weight excluding hydrogens is 604 g/mol. The number of carbonyl (C=O) groups excluding carboxylic acids is 2. The molecule has 3 fully saturated rings. The summed E-state index contributed by atoms with van der Waals surface area (Å²) in [5.74, 6) is -0.946. The Morgan fingerprint density at radius 3 is 2.22 bits per heavy atom. The Balaban J connectivity index is 1.41. The van der Waals surface area contributed by atoms with E-state index in [9.17, 15) is 41.0 Å². The number of aliphatic hydroxyl groups is 1. The lowest BCUT2D eigenvalue weighted by molar-refractivity contribution is -0.166. The van der Waals surface area contributed by atoms with Crippen LogP contribution in [-0.4, -0.2) is 73.8 Å². The molecule has 2 aromatic rings. The van der Waals surface area contributed by atoms with Crippen molar-refractivity contribution in [2.24, 2.45) is 5.92 Å². The lowest BCUT2D eigenvalue weighted by Gasteiger charge is -2.52. The monoisotopic (exact) mass is 643 g/mol. The third-order valence-electron chi connectivity index (χ3n) is 9.55. The smallest absolute Gasteiger partial charge is 0.390 e. The van der Waals surface area contributed by atoms with E-state index in [0.717, 1.165) is 38.5 Å². The van der Waals surface area contributed by atoms with Crippen molar-refractivity contribution in [1.82, 2.24) is 24.9 Å². The van der Waals surface area contributed by atoms with E-state index in [0.29, 0.717) is 11.1 Å². The highest BCUT2D eigenvalue weighted by Gasteiger charge is 2.56. The van der Waals surface area contributed by atoms with Crippen molar-refractivity contribution in [1.29, 1.82) is 0 Å². The third kappa shape index (κ3) is 6.58. The molecule has 1 aromatic heterocycles. The number of unbranched alkanes of at least 4 members (excludes halogenated alkanes) is 1. The van der Waals surface area contributed by atoms with Crippen molar-refractivity contribution in [3.05, 3.63) is 47.3 Å². The Hall–Kier alpha value is -3.13. The van der Waals surface area contributed by atoms with Gasteiger partial charge >= 0.3 is 12.4 Å². The van der Waals surface area contributed by atoms with E-state index in [1.165, 1.54) is 40.1 Å². The van der Waals surface area contributed by atoms with Crippen LogP contribution in [0.25, 0.3) is 5.69 Å². The largest absolute Gasteiger partial charge is 0.435 e. The average Bonchev–Trinajstić information content (AvgIpc) is 3.41. The van der Waals surface area contributed by atoms with Gasteiger partial charge < -0.3 is 15.3 Å². The van der Waals surface area contributed by atoms with Crippen LogP contribution in [0.3, 0.4) is 0 Å². The van der Waals surface area contributed by atoms with Crippen LogP contribution >= 0.6 is 0 Å². The summed E-state index contributed by atoms with van der Waals surface area (Å²) in [5, 5.41) is 17.3.